The van der Waals surface area contributed by atoms with Gasteiger partial charge in [-0.15, -0.1) is 11.3 Å². The van der Waals surface area contributed by atoms with E-state index >= 15 is 0 Å². The van der Waals surface area contributed by atoms with Crippen molar-refractivity contribution in [2.24, 2.45) is 0 Å². The molecule has 0 unspecified atom stereocenters. The number of hydrogen-bond acceptors (Lipinski definition) is 7. The summed E-state index contributed by atoms with van der Waals surface area (Å²) in [4.78, 5) is 44.9. The third kappa shape index (κ3) is 4.44. The number of ether oxygens (including phenoxy) is 2. The van der Waals surface area contributed by atoms with Crippen LogP contribution in [0.4, 0.5) is 5.13 Å². The maximum atomic E-state index is 12.9. The van der Waals surface area contributed by atoms with Gasteiger partial charge in [0.1, 0.15) is 5.75 Å². The average Bonchev–Trinajstić information content (AvgIpc) is 3.30. The number of nitrogens with zero attached hydrogens (tertiary/aromatic N) is 2. The third-order valence-electron chi connectivity index (χ3n) is 5.65. The molecule has 0 radical (unpaired) electrons. The molecule has 2 heterocycles. The minimum atomic E-state index is -0.396. The summed E-state index contributed by atoms with van der Waals surface area (Å²) in [6.07, 6.45) is 0.550. The molecule has 1 aliphatic rings. The number of hydrogen-bond donors (Lipinski definition) is 1. The number of carbonyl (C=O) groups excluding carboxylic acids is 3. The van der Waals surface area contributed by atoms with Crippen molar-refractivity contribution in [3.63, 3.8) is 0 Å². The van der Waals surface area contributed by atoms with Crippen LogP contribution >= 0.6 is 11.3 Å². The van der Waals surface area contributed by atoms with E-state index in [-0.39, 0.29) is 23.6 Å². The topological polar surface area (TPSA) is 97.8 Å². The van der Waals surface area contributed by atoms with Gasteiger partial charge < -0.3 is 9.47 Å². The average molecular weight is 480 g/mol. The number of anilines is 1. The van der Waals surface area contributed by atoms with Crippen LogP contribution in [0.1, 0.15) is 47.9 Å². The molecule has 0 saturated carbocycles. The first kappa shape index (κ1) is 23.6. The van der Waals surface area contributed by atoms with Crippen LogP contribution in [0.2, 0.25) is 0 Å². The lowest BCUT2D eigenvalue weighted by atomic mass is 10.1. The first-order valence-corrected chi connectivity index (χ1v) is 11.6. The van der Waals surface area contributed by atoms with E-state index in [1.807, 2.05) is 32.0 Å². The lowest BCUT2D eigenvalue weighted by molar-refractivity contribution is 0.0638. The Kier molecular flexibility index (Phi) is 6.76. The smallest absolute Gasteiger partial charge is 0.261 e. The number of fused-ring (bicyclic) bond motifs is 1. The van der Waals surface area contributed by atoms with Crippen LogP contribution in [-0.4, -0.2) is 55.0 Å². The highest BCUT2D eigenvalue weighted by molar-refractivity contribution is 7.16. The summed E-state index contributed by atoms with van der Waals surface area (Å²) < 4.78 is 10.3. The van der Waals surface area contributed by atoms with Gasteiger partial charge in [0.05, 0.1) is 23.9 Å². The largest absolute Gasteiger partial charge is 0.496 e. The number of aromatic nitrogens is 1. The lowest BCUT2D eigenvalue weighted by Gasteiger charge is -2.12. The van der Waals surface area contributed by atoms with Crippen LogP contribution in [0.5, 0.6) is 5.75 Å². The monoisotopic (exact) mass is 479 g/mol. The molecule has 34 heavy (non-hydrogen) atoms. The molecular weight excluding hydrogens is 454 g/mol. The van der Waals surface area contributed by atoms with Crippen molar-refractivity contribution >= 4 is 34.2 Å². The zero-order valence-corrected chi connectivity index (χ0v) is 20.2. The maximum Gasteiger partial charge on any atom is 0.261 e. The van der Waals surface area contributed by atoms with Crippen molar-refractivity contribution in [2.45, 2.75) is 20.3 Å². The predicted octanol–water partition coefficient (Wildman–Crippen LogP) is 4.32. The predicted molar refractivity (Wildman–Crippen MR) is 130 cm³/mol. The number of amides is 3. The Balaban J connectivity index is 1.52. The minimum Gasteiger partial charge on any atom is -0.496 e. The van der Waals surface area contributed by atoms with Gasteiger partial charge in [-0.25, -0.2) is 4.98 Å². The lowest BCUT2D eigenvalue weighted by Crippen LogP contribution is -2.31. The van der Waals surface area contributed by atoms with Crippen LogP contribution in [0, 0.1) is 13.8 Å². The standard InChI is InChI=1S/C25H25N3O5S/c1-14-12-16(7-9-20(14)33-4)21-15(2)34-25(26-21)27-22(29)17-6-8-18-19(13-17)24(31)28(23(18)30)10-5-11-32-3/h6-9,12-13H,5,10-11H2,1-4H3,(H,26,27,29). The highest BCUT2D eigenvalue weighted by atomic mass is 32.1. The molecule has 0 saturated heterocycles. The third-order valence-corrected chi connectivity index (χ3v) is 6.53. The van der Waals surface area contributed by atoms with Gasteiger partial charge in [-0.05, 0) is 62.2 Å². The summed E-state index contributed by atoms with van der Waals surface area (Å²) in [6.45, 7) is 4.63. The van der Waals surface area contributed by atoms with E-state index in [2.05, 4.69) is 10.3 Å². The van der Waals surface area contributed by atoms with E-state index in [1.54, 1.807) is 20.3 Å². The molecule has 0 spiro atoms. The number of thiazole rings is 1. The molecule has 3 amide bonds. The maximum absolute atomic E-state index is 12.9. The molecule has 0 aliphatic carbocycles. The Bertz CT molecular complexity index is 1280. The first-order valence-electron chi connectivity index (χ1n) is 10.8. The number of methoxy groups -OCH3 is 2. The normalized spacial score (nSPS) is 12.8. The molecule has 0 fully saturated rings. The molecule has 176 valence electrons. The summed E-state index contributed by atoms with van der Waals surface area (Å²) in [7, 11) is 3.20. The summed E-state index contributed by atoms with van der Waals surface area (Å²) in [6, 6.07) is 10.4. The molecule has 8 nitrogen and oxygen atoms in total. The molecule has 0 bridgehead atoms. The Hall–Kier alpha value is -3.56. The number of rotatable bonds is 8. The number of nitrogens with one attached hydrogen (secondary N) is 1. The summed E-state index contributed by atoms with van der Waals surface area (Å²) in [5.74, 6) is -0.342. The SMILES string of the molecule is COCCCN1C(=O)c2ccc(C(=O)Nc3nc(-c4ccc(OC)c(C)c4)c(C)s3)cc2C1=O. The van der Waals surface area contributed by atoms with Gasteiger partial charge in [-0.2, -0.15) is 0 Å². The molecule has 0 atom stereocenters. The van der Waals surface area contributed by atoms with Crippen molar-refractivity contribution < 1.29 is 23.9 Å². The van der Waals surface area contributed by atoms with Crippen LogP contribution in [0.15, 0.2) is 36.4 Å². The van der Waals surface area contributed by atoms with E-state index in [0.29, 0.717) is 23.7 Å². The summed E-state index contributed by atoms with van der Waals surface area (Å²) in [5.41, 5.74) is 3.54. The molecule has 1 aliphatic heterocycles. The zero-order valence-electron chi connectivity index (χ0n) is 19.4. The van der Waals surface area contributed by atoms with Crippen LogP contribution in [0.3, 0.4) is 0 Å². The van der Waals surface area contributed by atoms with Crippen molar-refractivity contribution in [3.8, 4) is 17.0 Å². The molecule has 3 aromatic rings. The van der Waals surface area contributed by atoms with E-state index in [4.69, 9.17) is 9.47 Å². The Morgan fingerprint density at radius 2 is 1.82 bits per heavy atom. The molecule has 2 aromatic carbocycles. The second-order valence-electron chi connectivity index (χ2n) is 7.93. The van der Waals surface area contributed by atoms with Crippen molar-refractivity contribution in [1.82, 2.24) is 9.88 Å². The quantitative estimate of drug-likeness (QED) is 0.382. The van der Waals surface area contributed by atoms with Crippen LogP contribution in [0.25, 0.3) is 11.3 Å². The zero-order chi connectivity index (χ0) is 24.4. The van der Waals surface area contributed by atoms with Crippen molar-refractivity contribution in [3.05, 3.63) is 63.5 Å². The second-order valence-corrected chi connectivity index (χ2v) is 9.13. The second kappa shape index (κ2) is 9.74. The van der Waals surface area contributed by atoms with Gasteiger partial charge in [-0.3, -0.25) is 24.6 Å². The van der Waals surface area contributed by atoms with Gasteiger partial charge in [0.25, 0.3) is 17.7 Å². The van der Waals surface area contributed by atoms with Crippen molar-refractivity contribution in [1.29, 1.82) is 0 Å². The van der Waals surface area contributed by atoms with E-state index in [1.165, 1.54) is 28.4 Å². The van der Waals surface area contributed by atoms with Gasteiger partial charge in [0, 0.05) is 36.3 Å². The highest BCUT2D eigenvalue weighted by Crippen LogP contribution is 2.33. The van der Waals surface area contributed by atoms with Gasteiger partial charge in [-0.1, -0.05) is 0 Å². The number of benzene rings is 2. The van der Waals surface area contributed by atoms with Gasteiger partial charge >= 0.3 is 0 Å². The van der Waals surface area contributed by atoms with Crippen LogP contribution in [-0.2, 0) is 4.74 Å². The fourth-order valence-corrected chi connectivity index (χ4v) is 4.75. The minimum absolute atomic E-state index is 0.236. The molecule has 4 rings (SSSR count). The Morgan fingerprint density at radius 1 is 1.06 bits per heavy atom. The fourth-order valence-electron chi connectivity index (χ4n) is 3.91. The van der Waals surface area contributed by atoms with Gasteiger partial charge in [0.2, 0.25) is 0 Å². The molecule has 9 heteroatoms. The summed E-state index contributed by atoms with van der Waals surface area (Å²) in [5, 5.41) is 3.27. The molecule has 1 aromatic heterocycles. The molecule has 1 N–H and O–H groups in total. The number of aryl methyl sites for hydroxylation is 2. The van der Waals surface area contributed by atoms with E-state index < -0.39 is 11.8 Å². The fraction of sp³-hybridized carbons (Fsp3) is 0.280. The summed E-state index contributed by atoms with van der Waals surface area (Å²) >= 11 is 1.37. The number of imide groups is 1. The first-order chi connectivity index (χ1) is 16.3. The molecular formula is C25H25N3O5S. The highest BCUT2D eigenvalue weighted by Gasteiger charge is 2.35. The van der Waals surface area contributed by atoms with Crippen molar-refractivity contribution in [2.75, 3.05) is 32.7 Å². The van der Waals surface area contributed by atoms with Crippen LogP contribution < -0.4 is 10.1 Å². The Labute approximate surface area is 201 Å². The Morgan fingerprint density at radius 3 is 2.53 bits per heavy atom. The van der Waals surface area contributed by atoms with E-state index in [0.717, 1.165) is 27.4 Å². The van der Waals surface area contributed by atoms with Gasteiger partial charge in [0.15, 0.2) is 5.13 Å². The number of carbonyl (C=O) groups is 3. The van der Waals surface area contributed by atoms with E-state index in [9.17, 15) is 14.4 Å².